The molecule has 0 fully saturated rings. The van der Waals surface area contributed by atoms with E-state index in [1.54, 1.807) is 30.3 Å². The van der Waals surface area contributed by atoms with E-state index in [-0.39, 0.29) is 40.2 Å². The largest absolute Gasteiger partial charge is 0.352 e. The zero-order valence-electron chi connectivity index (χ0n) is 16.3. The first-order valence-corrected chi connectivity index (χ1v) is 11.2. The molecule has 0 spiro atoms. The highest BCUT2D eigenvalue weighted by atomic mass is 32.2. The molecular weight excluding hydrogens is 407 g/mol. The third kappa shape index (κ3) is 5.42. The Balaban J connectivity index is 1.83. The molecule has 0 saturated heterocycles. The van der Waals surface area contributed by atoms with Gasteiger partial charge in [-0.2, -0.15) is 0 Å². The maximum Gasteiger partial charge on any atom is 0.251 e. The Morgan fingerprint density at radius 2 is 1.80 bits per heavy atom. The van der Waals surface area contributed by atoms with Gasteiger partial charge in [-0.25, -0.2) is 12.8 Å². The van der Waals surface area contributed by atoms with Gasteiger partial charge in [-0.15, -0.1) is 0 Å². The lowest BCUT2D eigenvalue weighted by Gasteiger charge is -2.19. The highest BCUT2D eigenvalue weighted by molar-refractivity contribution is 7.90. The zero-order chi connectivity index (χ0) is 21.7. The van der Waals surface area contributed by atoms with Crippen LogP contribution in [-0.2, 0) is 9.84 Å². The molecule has 1 aromatic heterocycles. The van der Waals surface area contributed by atoms with E-state index in [0.717, 1.165) is 17.4 Å². The summed E-state index contributed by atoms with van der Waals surface area (Å²) in [5.41, 5.74) is 1.42. The van der Waals surface area contributed by atoms with Crippen molar-refractivity contribution >= 4 is 15.7 Å². The molecule has 6 nitrogen and oxygen atoms in total. The molecule has 0 radical (unpaired) electrons. The summed E-state index contributed by atoms with van der Waals surface area (Å²) >= 11 is 0. The van der Waals surface area contributed by atoms with Gasteiger partial charge in [0.25, 0.3) is 5.91 Å². The van der Waals surface area contributed by atoms with Crippen LogP contribution in [0, 0.1) is 5.82 Å². The van der Waals surface area contributed by atoms with Crippen LogP contribution in [0.3, 0.4) is 0 Å². The molecule has 0 aliphatic carbocycles. The average molecular weight is 428 g/mol. The Labute approximate surface area is 173 Å². The number of carbonyl (C=O) groups excluding carboxylic acids is 1. The SMILES string of the molecule is CS(=O)(=O)c1cccc(C(CCNC(=O)c2cc[nH]c(=O)c2)c2ccc(F)cc2)c1. The topological polar surface area (TPSA) is 96.1 Å². The lowest BCUT2D eigenvalue weighted by molar-refractivity contribution is 0.0952. The molecular formula is C22H21FN2O4S. The molecule has 2 aromatic carbocycles. The van der Waals surface area contributed by atoms with E-state index in [1.807, 2.05) is 0 Å². The van der Waals surface area contributed by atoms with Crippen LogP contribution in [0.25, 0.3) is 0 Å². The van der Waals surface area contributed by atoms with Crippen molar-refractivity contribution < 1.29 is 17.6 Å². The van der Waals surface area contributed by atoms with E-state index in [2.05, 4.69) is 10.3 Å². The van der Waals surface area contributed by atoms with Crippen molar-refractivity contribution in [1.82, 2.24) is 10.3 Å². The van der Waals surface area contributed by atoms with Crippen molar-refractivity contribution in [3.05, 3.63) is 99.7 Å². The van der Waals surface area contributed by atoms with Crippen LogP contribution in [0.4, 0.5) is 4.39 Å². The minimum atomic E-state index is -3.38. The number of hydrogen-bond acceptors (Lipinski definition) is 4. The number of aromatic amines is 1. The summed E-state index contributed by atoms with van der Waals surface area (Å²) in [6.45, 7) is 0.275. The molecule has 3 rings (SSSR count). The number of pyridine rings is 1. The quantitative estimate of drug-likeness (QED) is 0.605. The average Bonchev–Trinajstić information content (AvgIpc) is 2.71. The third-order valence-electron chi connectivity index (χ3n) is 4.72. The minimum Gasteiger partial charge on any atom is -0.352 e. The number of H-pyrrole nitrogens is 1. The highest BCUT2D eigenvalue weighted by Crippen LogP contribution is 2.29. The Bertz CT molecular complexity index is 1200. The second-order valence-electron chi connectivity index (χ2n) is 6.93. The van der Waals surface area contributed by atoms with Gasteiger partial charge in [0.05, 0.1) is 4.90 Å². The minimum absolute atomic E-state index is 0.194. The second kappa shape index (κ2) is 9.04. The number of sulfone groups is 1. The smallest absolute Gasteiger partial charge is 0.251 e. The van der Waals surface area contributed by atoms with E-state index < -0.39 is 9.84 Å². The molecule has 0 saturated carbocycles. The van der Waals surface area contributed by atoms with Crippen LogP contribution < -0.4 is 10.9 Å². The monoisotopic (exact) mass is 428 g/mol. The van der Waals surface area contributed by atoms with Gasteiger partial charge >= 0.3 is 0 Å². The predicted octanol–water partition coefficient (Wildman–Crippen LogP) is 2.87. The van der Waals surface area contributed by atoms with Gasteiger partial charge in [0.1, 0.15) is 5.82 Å². The van der Waals surface area contributed by atoms with Gasteiger partial charge in [-0.05, 0) is 47.9 Å². The number of halogens is 1. The van der Waals surface area contributed by atoms with E-state index in [0.29, 0.717) is 6.42 Å². The number of rotatable bonds is 7. The molecule has 1 heterocycles. The molecule has 1 amide bonds. The lowest BCUT2D eigenvalue weighted by atomic mass is 9.88. The summed E-state index contributed by atoms with van der Waals surface area (Å²) < 4.78 is 37.3. The summed E-state index contributed by atoms with van der Waals surface area (Å²) in [4.78, 5) is 26.3. The van der Waals surface area contributed by atoms with Crippen molar-refractivity contribution in [2.24, 2.45) is 0 Å². The molecule has 8 heteroatoms. The molecule has 30 heavy (non-hydrogen) atoms. The van der Waals surface area contributed by atoms with Crippen LogP contribution in [0.1, 0.15) is 33.8 Å². The molecule has 0 aliphatic heterocycles. The first-order chi connectivity index (χ1) is 14.2. The molecule has 0 aliphatic rings. The zero-order valence-corrected chi connectivity index (χ0v) is 17.1. The van der Waals surface area contributed by atoms with Crippen molar-refractivity contribution in [2.75, 3.05) is 12.8 Å². The number of benzene rings is 2. The van der Waals surface area contributed by atoms with Gasteiger partial charge < -0.3 is 10.3 Å². The van der Waals surface area contributed by atoms with Gasteiger partial charge in [-0.3, -0.25) is 9.59 Å². The first-order valence-electron chi connectivity index (χ1n) is 9.26. The molecule has 1 unspecified atom stereocenters. The van der Waals surface area contributed by atoms with E-state index in [9.17, 15) is 22.4 Å². The second-order valence-corrected chi connectivity index (χ2v) is 8.95. The molecule has 2 N–H and O–H groups in total. The third-order valence-corrected chi connectivity index (χ3v) is 5.83. The summed E-state index contributed by atoms with van der Waals surface area (Å²) in [7, 11) is -3.38. The van der Waals surface area contributed by atoms with Gasteiger partial charge in [-0.1, -0.05) is 24.3 Å². The lowest BCUT2D eigenvalue weighted by Crippen LogP contribution is -2.27. The normalized spacial score (nSPS) is 12.3. The number of nitrogens with one attached hydrogen (secondary N) is 2. The Morgan fingerprint density at radius 3 is 2.47 bits per heavy atom. The van der Waals surface area contributed by atoms with Gasteiger partial charge in [0.2, 0.25) is 5.56 Å². The highest BCUT2D eigenvalue weighted by Gasteiger charge is 2.18. The molecule has 3 aromatic rings. The Hall–Kier alpha value is -3.26. The molecule has 1 atom stereocenters. The number of aromatic nitrogens is 1. The number of hydrogen-bond donors (Lipinski definition) is 2. The van der Waals surface area contributed by atoms with Crippen molar-refractivity contribution in [1.29, 1.82) is 0 Å². The summed E-state index contributed by atoms with van der Waals surface area (Å²) in [6, 6.07) is 15.3. The van der Waals surface area contributed by atoms with E-state index >= 15 is 0 Å². The number of carbonyl (C=O) groups is 1. The predicted molar refractivity (Wildman–Crippen MR) is 112 cm³/mol. The summed E-state index contributed by atoms with van der Waals surface area (Å²) in [6.07, 6.45) is 2.99. The van der Waals surface area contributed by atoms with Crippen molar-refractivity contribution in [3.8, 4) is 0 Å². The Morgan fingerprint density at radius 1 is 1.07 bits per heavy atom. The van der Waals surface area contributed by atoms with Crippen LogP contribution in [0.5, 0.6) is 0 Å². The van der Waals surface area contributed by atoms with Crippen molar-refractivity contribution in [3.63, 3.8) is 0 Å². The van der Waals surface area contributed by atoms with Crippen LogP contribution >= 0.6 is 0 Å². The van der Waals surface area contributed by atoms with Crippen LogP contribution in [-0.4, -0.2) is 32.1 Å². The summed E-state index contributed by atoms with van der Waals surface area (Å²) in [5, 5.41) is 2.77. The maximum atomic E-state index is 13.4. The fourth-order valence-corrected chi connectivity index (χ4v) is 3.88. The fourth-order valence-electron chi connectivity index (χ4n) is 3.20. The summed E-state index contributed by atoms with van der Waals surface area (Å²) in [5.74, 6) is -1.01. The van der Waals surface area contributed by atoms with Crippen LogP contribution in [0.15, 0.2) is 76.6 Å². The van der Waals surface area contributed by atoms with Crippen LogP contribution in [0.2, 0.25) is 0 Å². The first kappa shape index (κ1) is 21.4. The molecule has 156 valence electrons. The molecule has 0 bridgehead atoms. The van der Waals surface area contributed by atoms with Gasteiger partial charge in [0, 0.05) is 36.5 Å². The van der Waals surface area contributed by atoms with E-state index in [4.69, 9.17) is 0 Å². The Kier molecular flexibility index (Phi) is 6.47. The fraction of sp³-hybridized carbons (Fsp3) is 0.182. The maximum absolute atomic E-state index is 13.4. The standard InChI is InChI=1S/C22H21FN2O4S/c1-30(28,29)19-4-2-3-16(13-19)20(15-5-7-18(23)8-6-15)10-12-25-22(27)17-9-11-24-21(26)14-17/h2-9,11,13-14,20H,10,12H2,1H3,(H,24,26)(H,25,27). The van der Waals surface area contributed by atoms with Gasteiger partial charge in [0.15, 0.2) is 9.84 Å². The van der Waals surface area contributed by atoms with Crippen molar-refractivity contribution in [2.45, 2.75) is 17.2 Å². The number of amides is 1. The van der Waals surface area contributed by atoms with E-state index in [1.165, 1.54) is 36.5 Å².